The van der Waals surface area contributed by atoms with E-state index in [0.29, 0.717) is 37.9 Å². The van der Waals surface area contributed by atoms with Crippen molar-refractivity contribution in [1.82, 2.24) is 15.1 Å². The van der Waals surface area contributed by atoms with Crippen LogP contribution in [-0.4, -0.2) is 95.2 Å². The smallest absolute Gasteiger partial charge is 0.255 e. The molecule has 0 aliphatic carbocycles. The Morgan fingerprint density at radius 2 is 1.40 bits per heavy atom. The van der Waals surface area contributed by atoms with Crippen LogP contribution in [0.15, 0.2) is 97.1 Å². The predicted molar refractivity (Wildman–Crippen MR) is 215 cm³/mol. The highest BCUT2D eigenvalue weighted by Crippen LogP contribution is 2.37. The van der Waals surface area contributed by atoms with Crippen molar-refractivity contribution in [2.45, 2.75) is 57.2 Å². The number of nitrogens with one attached hydrogen (secondary N) is 1. The molecule has 4 heterocycles. The molecule has 0 aromatic heterocycles. The lowest BCUT2D eigenvalue weighted by Gasteiger charge is -2.44. The number of carbonyl (C=O) groups excluding carboxylic acids is 3. The van der Waals surface area contributed by atoms with Gasteiger partial charge in [-0.2, -0.15) is 0 Å². The molecule has 4 aliphatic heterocycles. The topological polar surface area (TPSA) is 117 Å². The SMILES string of the molecule is CC/C(=C(\c1ccc(O)cc1)c1ccc(N2CCC(O)(CN3CCN(c4ccc5c(c4)CN(C4CCC(=O)NC4=O)C5=O)CC3)CC2)cc1)c1ccccc1. The van der Waals surface area contributed by atoms with E-state index in [4.69, 9.17) is 0 Å². The van der Waals surface area contributed by atoms with Crippen LogP contribution >= 0.6 is 0 Å². The summed E-state index contributed by atoms with van der Waals surface area (Å²) in [6.45, 7) is 8.09. The first-order chi connectivity index (χ1) is 26.7. The van der Waals surface area contributed by atoms with E-state index in [1.807, 2.05) is 30.3 Å². The third kappa shape index (κ3) is 7.61. The predicted octanol–water partition coefficient (Wildman–Crippen LogP) is 5.68. The number of benzene rings is 4. The molecule has 1 atom stereocenters. The number of anilines is 2. The molecule has 3 saturated heterocycles. The summed E-state index contributed by atoms with van der Waals surface area (Å²) in [5.41, 5.74) is 8.81. The standard InChI is InChI=1S/C45H49N5O5/c1-2-38(31-6-4-3-5-7-31)42(33-10-15-37(51)16-11-33)32-8-12-35(13-9-32)48-22-20-45(55,21-23-48)30-47-24-26-49(27-25-47)36-14-17-39-34(28-36)29-50(44(39)54)40-18-19-41(52)46-43(40)53/h3-17,28,40,51,55H,2,18-27,29-30H2,1H3,(H,46,52,53)/b42-38+. The minimum absolute atomic E-state index is 0.154. The Bertz CT molecular complexity index is 2080. The second kappa shape index (κ2) is 15.4. The Hall–Kier alpha value is -5.45. The summed E-state index contributed by atoms with van der Waals surface area (Å²) in [6.07, 6.45) is 2.86. The first-order valence-corrected chi connectivity index (χ1v) is 19.6. The van der Waals surface area contributed by atoms with E-state index in [2.05, 4.69) is 81.5 Å². The molecule has 4 aromatic carbocycles. The highest BCUT2D eigenvalue weighted by molar-refractivity contribution is 6.05. The Morgan fingerprint density at radius 1 is 0.764 bits per heavy atom. The van der Waals surface area contributed by atoms with E-state index in [0.717, 1.165) is 79.3 Å². The fraction of sp³-hybridized carbons (Fsp3) is 0.356. The fourth-order valence-electron chi connectivity index (χ4n) is 8.82. The second-order valence-corrected chi connectivity index (χ2v) is 15.4. The molecule has 55 heavy (non-hydrogen) atoms. The van der Waals surface area contributed by atoms with E-state index < -0.39 is 17.6 Å². The van der Waals surface area contributed by atoms with Gasteiger partial charge in [0.15, 0.2) is 0 Å². The van der Waals surface area contributed by atoms with Crippen LogP contribution in [0, 0.1) is 0 Å². The number of fused-ring (bicyclic) bond motifs is 1. The highest BCUT2D eigenvalue weighted by Gasteiger charge is 2.40. The molecule has 4 aliphatic rings. The Balaban J connectivity index is 0.868. The minimum atomic E-state index is -0.744. The maximum absolute atomic E-state index is 13.2. The number of phenolic OH excluding ortho intramolecular Hbond substituents is 1. The number of amides is 3. The number of hydrogen-bond acceptors (Lipinski definition) is 8. The number of aromatic hydroxyl groups is 1. The zero-order valence-corrected chi connectivity index (χ0v) is 31.4. The van der Waals surface area contributed by atoms with Gasteiger partial charge in [-0.1, -0.05) is 61.5 Å². The third-order valence-electron chi connectivity index (χ3n) is 11.9. The number of rotatable bonds is 9. The van der Waals surface area contributed by atoms with Crippen molar-refractivity contribution in [2.24, 2.45) is 0 Å². The number of aliphatic hydroxyl groups is 1. The van der Waals surface area contributed by atoms with E-state index in [9.17, 15) is 24.6 Å². The molecule has 0 spiro atoms. The molecule has 0 saturated carbocycles. The molecule has 3 fully saturated rings. The lowest BCUT2D eigenvalue weighted by atomic mass is 9.87. The van der Waals surface area contributed by atoms with Gasteiger partial charge in [0.25, 0.3) is 5.91 Å². The molecular weight excluding hydrogens is 691 g/mol. The largest absolute Gasteiger partial charge is 0.508 e. The lowest BCUT2D eigenvalue weighted by Crippen LogP contribution is -2.55. The van der Waals surface area contributed by atoms with Crippen molar-refractivity contribution in [3.63, 3.8) is 0 Å². The maximum Gasteiger partial charge on any atom is 0.255 e. The number of imide groups is 1. The van der Waals surface area contributed by atoms with Gasteiger partial charge in [-0.25, -0.2) is 0 Å². The number of piperidine rings is 2. The van der Waals surface area contributed by atoms with Crippen molar-refractivity contribution in [1.29, 1.82) is 0 Å². The van der Waals surface area contributed by atoms with Gasteiger partial charge in [0.05, 0.1) is 5.60 Å². The molecule has 10 heteroatoms. The highest BCUT2D eigenvalue weighted by atomic mass is 16.3. The van der Waals surface area contributed by atoms with Crippen molar-refractivity contribution < 1.29 is 24.6 Å². The zero-order valence-electron chi connectivity index (χ0n) is 31.4. The second-order valence-electron chi connectivity index (χ2n) is 15.4. The van der Waals surface area contributed by atoms with E-state index in [1.165, 1.54) is 11.1 Å². The van der Waals surface area contributed by atoms with E-state index >= 15 is 0 Å². The maximum atomic E-state index is 13.2. The number of nitrogens with zero attached hydrogens (tertiary/aromatic N) is 4. The molecule has 0 radical (unpaired) electrons. The molecule has 3 amide bonds. The minimum Gasteiger partial charge on any atom is -0.508 e. The molecule has 284 valence electrons. The summed E-state index contributed by atoms with van der Waals surface area (Å²) in [6, 6.07) is 32.1. The van der Waals surface area contributed by atoms with Gasteiger partial charge in [-0.3, -0.25) is 24.6 Å². The third-order valence-corrected chi connectivity index (χ3v) is 11.9. The number of carbonyl (C=O) groups is 3. The number of hydrogen-bond donors (Lipinski definition) is 3. The van der Waals surface area contributed by atoms with Crippen LogP contribution in [0.2, 0.25) is 0 Å². The summed E-state index contributed by atoms with van der Waals surface area (Å²) in [7, 11) is 0. The van der Waals surface area contributed by atoms with Gasteiger partial charge in [-0.15, -0.1) is 0 Å². The van der Waals surface area contributed by atoms with Gasteiger partial charge in [0.2, 0.25) is 11.8 Å². The first-order valence-electron chi connectivity index (χ1n) is 19.6. The van der Waals surface area contributed by atoms with Crippen LogP contribution in [0.5, 0.6) is 5.75 Å². The summed E-state index contributed by atoms with van der Waals surface area (Å²) in [5.74, 6) is -0.583. The number of allylic oxidation sites excluding steroid dienone is 1. The van der Waals surface area contributed by atoms with Gasteiger partial charge in [-0.05, 0) is 102 Å². The number of piperazine rings is 1. The molecular formula is C45H49N5O5. The monoisotopic (exact) mass is 739 g/mol. The average Bonchev–Trinajstić information content (AvgIpc) is 3.53. The van der Waals surface area contributed by atoms with Gasteiger partial charge >= 0.3 is 0 Å². The summed E-state index contributed by atoms with van der Waals surface area (Å²) in [5, 5.41) is 24.1. The Kier molecular flexibility index (Phi) is 10.2. The summed E-state index contributed by atoms with van der Waals surface area (Å²) >= 11 is 0. The average molecular weight is 740 g/mol. The van der Waals surface area contributed by atoms with Crippen LogP contribution in [0.3, 0.4) is 0 Å². The first kappa shape index (κ1) is 36.5. The van der Waals surface area contributed by atoms with Crippen LogP contribution in [0.1, 0.15) is 71.6 Å². The molecule has 1 unspecified atom stereocenters. The fourth-order valence-corrected chi connectivity index (χ4v) is 8.82. The molecule has 8 rings (SSSR count). The lowest BCUT2D eigenvalue weighted by molar-refractivity contribution is -0.136. The van der Waals surface area contributed by atoms with Crippen LogP contribution < -0.4 is 15.1 Å². The Labute approximate surface area is 322 Å². The van der Waals surface area contributed by atoms with Crippen molar-refractivity contribution in [3.8, 4) is 5.75 Å². The summed E-state index contributed by atoms with van der Waals surface area (Å²) < 4.78 is 0. The Morgan fingerprint density at radius 3 is 2.05 bits per heavy atom. The van der Waals surface area contributed by atoms with E-state index in [1.54, 1.807) is 17.0 Å². The van der Waals surface area contributed by atoms with Crippen LogP contribution in [0.25, 0.3) is 11.1 Å². The molecule has 3 N–H and O–H groups in total. The summed E-state index contributed by atoms with van der Waals surface area (Å²) in [4.78, 5) is 45.9. The van der Waals surface area contributed by atoms with Gasteiger partial charge < -0.3 is 24.9 Å². The van der Waals surface area contributed by atoms with Crippen molar-refractivity contribution in [3.05, 3.63) is 125 Å². The normalized spacial score (nSPS) is 20.7. The van der Waals surface area contributed by atoms with Crippen LogP contribution in [-0.2, 0) is 16.1 Å². The molecule has 4 aromatic rings. The molecule has 0 bridgehead atoms. The van der Waals surface area contributed by atoms with Gasteiger partial charge in [0.1, 0.15) is 11.8 Å². The van der Waals surface area contributed by atoms with Gasteiger partial charge in [0, 0.05) is 75.7 Å². The van der Waals surface area contributed by atoms with E-state index in [-0.39, 0.29) is 24.0 Å². The van der Waals surface area contributed by atoms with Crippen molar-refractivity contribution >= 4 is 40.2 Å². The number of phenols is 1. The number of β-amino-alcohol motifs (C(OH)–C–C–N with tert-alkyl or cyclic N) is 1. The molecule has 10 nitrogen and oxygen atoms in total. The zero-order chi connectivity index (χ0) is 38.1. The van der Waals surface area contributed by atoms with Crippen LogP contribution in [0.4, 0.5) is 11.4 Å². The quantitative estimate of drug-likeness (QED) is 0.149. The van der Waals surface area contributed by atoms with Crippen molar-refractivity contribution in [2.75, 3.05) is 55.6 Å².